The van der Waals surface area contributed by atoms with E-state index in [2.05, 4.69) is 24.8 Å². The van der Waals surface area contributed by atoms with E-state index in [1.165, 1.54) is 11.8 Å². The number of hydrogen-bond donors (Lipinski definition) is 0. The summed E-state index contributed by atoms with van der Waals surface area (Å²) < 4.78 is 2.21. The summed E-state index contributed by atoms with van der Waals surface area (Å²) >= 11 is 13.2. The summed E-state index contributed by atoms with van der Waals surface area (Å²) in [6.45, 7) is 8.60. The minimum absolute atomic E-state index is 0.128. The van der Waals surface area contributed by atoms with Gasteiger partial charge in [0.05, 0.1) is 11.4 Å². The van der Waals surface area contributed by atoms with Crippen LogP contribution in [-0.4, -0.2) is 32.8 Å². The predicted molar refractivity (Wildman–Crippen MR) is 156 cm³/mol. The molecule has 0 saturated carbocycles. The van der Waals surface area contributed by atoms with Crippen molar-refractivity contribution in [2.45, 2.75) is 59.5 Å². The van der Waals surface area contributed by atoms with Crippen LogP contribution in [0.15, 0.2) is 34.0 Å². The first-order valence-electron chi connectivity index (χ1n) is 12.7. The van der Waals surface area contributed by atoms with Gasteiger partial charge in [-0.25, -0.2) is 0 Å². The molecule has 0 N–H and O–H groups in total. The molecule has 9 heteroatoms. The van der Waals surface area contributed by atoms with Gasteiger partial charge in [0.1, 0.15) is 21.8 Å². The van der Waals surface area contributed by atoms with Crippen LogP contribution in [0.5, 0.6) is 0 Å². The smallest absolute Gasteiger partial charge is 0.270 e. The zero-order valence-electron chi connectivity index (χ0n) is 21.4. The number of benzene rings is 1. The average molecular weight is 555 g/mol. The number of halogens is 1. The van der Waals surface area contributed by atoms with Crippen molar-refractivity contribution < 1.29 is 4.79 Å². The molecular weight excluding hydrogens is 524 g/mol. The number of thiocarbonyl (C=S) groups is 1. The van der Waals surface area contributed by atoms with Crippen LogP contribution in [0.25, 0.3) is 6.08 Å². The van der Waals surface area contributed by atoms with Crippen molar-refractivity contribution in [2.75, 3.05) is 18.0 Å². The van der Waals surface area contributed by atoms with Gasteiger partial charge in [-0.05, 0) is 55.4 Å². The highest BCUT2D eigenvalue weighted by molar-refractivity contribution is 8.26. The molecule has 0 radical (unpaired) electrons. The van der Waals surface area contributed by atoms with Crippen molar-refractivity contribution in [3.05, 3.63) is 66.8 Å². The van der Waals surface area contributed by atoms with Gasteiger partial charge in [-0.2, -0.15) is 5.26 Å². The molecule has 0 bridgehead atoms. The van der Waals surface area contributed by atoms with Crippen LogP contribution < -0.4 is 10.5 Å². The third-order valence-corrected chi connectivity index (χ3v) is 8.85. The second kappa shape index (κ2) is 11.8. The van der Waals surface area contributed by atoms with E-state index in [-0.39, 0.29) is 23.6 Å². The van der Waals surface area contributed by atoms with Gasteiger partial charge < -0.3 is 4.90 Å². The van der Waals surface area contributed by atoms with Crippen LogP contribution in [0.3, 0.4) is 0 Å². The normalized spacial score (nSPS) is 17.6. The number of aromatic nitrogens is 1. The Bertz CT molecular complexity index is 1350. The Kier molecular flexibility index (Phi) is 8.79. The first-order chi connectivity index (χ1) is 17.8. The van der Waals surface area contributed by atoms with E-state index in [1.54, 1.807) is 22.5 Å². The molecule has 2 aliphatic heterocycles. The summed E-state index contributed by atoms with van der Waals surface area (Å²) in [7, 11) is 0. The number of carbonyl (C=O) groups excluding carboxylic acids is 1. The third-order valence-electron chi connectivity index (χ3n) is 7.10. The zero-order chi connectivity index (χ0) is 26.7. The van der Waals surface area contributed by atoms with Crippen molar-refractivity contribution in [2.24, 2.45) is 5.92 Å². The molecule has 2 aromatic rings. The van der Waals surface area contributed by atoms with Crippen LogP contribution in [0.2, 0.25) is 5.02 Å². The first kappa shape index (κ1) is 27.4. The number of carbonyl (C=O) groups is 1. The number of nitrogens with zero attached hydrogens (tertiary/aromatic N) is 4. The molecule has 6 nitrogen and oxygen atoms in total. The number of anilines is 1. The van der Waals surface area contributed by atoms with Gasteiger partial charge in [-0.1, -0.05) is 74.0 Å². The van der Waals surface area contributed by atoms with Crippen molar-refractivity contribution in [3.63, 3.8) is 0 Å². The average Bonchev–Trinajstić information content (AvgIpc) is 3.14. The van der Waals surface area contributed by atoms with Crippen molar-refractivity contribution in [3.8, 4) is 6.07 Å². The van der Waals surface area contributed by atoms with Crippen LogP contribution in [0.4, 0.5) is 5.82 Å². The maximum Gasteiger partial charge on any atom is 0.270 e. The fraction of sp³-hybridized carbons (Fsp3) is 0.429. The lowest BCUT2D eigenvalue weighted by Gasteiger charge is -2.35. The van der Waals surface area contributed by atoms with Gasteiger partial charge in [-0.3, -0.25) is 19.1 Å². The van der Waals surface area contributed by atoms with E-state index in [9.17, 15) is 14.9 Å². The largest absolute Gasteiger partial charge is 0.357 e. The van der Waals surface area contributed by atoms with E-state index in [0.717, 1.165) is 55.7 Å². The fourth-order valence-electron chi connectivity index (χ4n) is 4.79. The number of nitriles is 1. The van der Waals surface area contributed by atoms with Crippen molar-refractivity contribution in [1.82, 2.24) is 9.47 Å². The summed E-state index contributed by atoms with van der Waals surface area (Å²) in [5.41, 5.74) is 2.04. The number of amides is 1. The van der Waals surface area contributed by atoms with Gasteiger partial charge in [0.2, 0.25) is 0 Å². The third kappa shape index (κ3) is 5.64. The molecule has 2 aliphatic rings. The maximum atomic E-state index is 13.5. The molecule has 2 saturated heterocycles. The molecular formula is C28H31ClN4O2S2. The van der Waals surface area contributed by atoms with Crippen LogP contribution in [0.1, 0.15) is 61.8 Å². The first-order valence-corrected chi connectivity index (χ1v) is 14.3. The lowest BCUT2D eigenvalue weighted by atomic mass is 9.97. The monoisotopic (exact) mass is 554 g/mol. The molecule has 3 heterocycles. The minimum Gasteiger partial charge on any atom is -0.357 e. The summed E-state index contributed by atoms with van der Waals surface area (Å²) in [5.74, 6) is 1.23. The van der Waals surface area contributed by atoms with Gasteiger partial charge in [0.25, 0.3) is 11.5 Å². The van der Waals surface area contributed by atoms with E-state index >= 15 is 0 Å². The lowest BCUT2D eigenvalue weighted by Crippen LogP contribution is -2.39. The summed E-state index contributed by atoms with van der Waals surface area (Å²) in [4.78, 5) is 31.2. The number of pyridine rings is 1. The van der Waals surface area contributed by atoms with Crippen molar-refractivity contribution >= 4 is 57.7 Å². The number of hydrogen-bond acceptors (Lipinski definition) is 6. The molecule has 37 heavy (non-hydrogen) atoms. The van der Waals surface area contributed by atoms with Crippen LogP contribution in [-0.2, 0) is 17.9 Å². The molecule has 194 valence electrons. The second-order valence-electron chi connectivity index (χ2n) is 9.69. The molecule has 0 spiro atoms. The van der Waals surface area contributed by atoms with Crippen LogP contribution >= 0.6 is 35.6 Å². The minimum atomic E-state index is -0.259. The molecule has 0 unspecified atom stereocenters. The number of piperidine rings is 1. The summed E-state index contributed by atoms with van der Waals surface area (Å²) in [5, 5.41) is 10.5. The zero-order valence-corrected chi connectivity index (χ0v) is 23.8. The van der Waals surface area contributed by atoms with E-state index in [1.807, 2.05) is 24.3 Å². The Morgan fingerprint density at radius 3 is 2.59 bits per heavy atom. The molecule has 4 rings (SSSR count). The van der Waals surface area contributed by atoms with Gasteiger partial charge in [-0.15, -0.1) is 0 Å². The van der Waals surface area contributed by atoms with Crippen molar-refractivity contribution in [1.29, 1.82) is 5.26 Å². The standard InChI is InChI=1S/C28H31ClN4O2S2/c1-4-5-12-32-25(31-13-10-18(2)11-14-31)21(19(3)22(16-30)26(32)34)15-24-27(35)33(28(36)37-24)17-20-8-6-7-9-23(20)29/h6-9,15,18H,4-5,10-14,17H2,1-3H3/b24-15+. The SMILES string of the molecule is CCCCn1c(N2CCC(C)CC2)c(/C=C2/SC(=S)N(Cc3ccccc3Cl)C2=O)c(C)c(C#N)c1=O. The highest BCUT2D eigenvalue weighted by Gasteiger charge is 2.34. The highest BCUT2D eigenvalue weighted by atomic mass is 35.5. The van der Waals surface area contributed by atoms with Crippen LogP contribution in [0, 0.1) is 24.2 Å². The quantitative estimate of drug-likeness (QED) is 0.303. The molecule has 1 aromatic carbocycles. The number of rotatable bonds is 7. The topological polar surface area (TPSA) is 69.3 Å². The lowest BCUT2D eigenvalue weighted by molar-refractivity contribution is -0.122. The maximum absolute atomic E-state index is 13.5. The number of thioether (sulfide) groups is 1. The van der Waals surface area contributed by atoms with E-state index < -0.39 is 0 Å². The Morgan fingerprint density at radius 2 is 1.95 bits per heavy atom. The van der Waals surface area contributed by atoms with Gasteiger partial charge >= 0.3 is 0 Å². The second-order valence-corrected chi connectivity index (χ2v) is 11.8. The Morgan fingerprint density at radius 1 is 1.24 bits per heavy atom. The summed E-state index contributed by atoms with van der Waals surface area (Å²) in [6, 6.07) is 9.53. The number of unbranched alkanes of at least 4 members (excludes halogenated alkanes) is 1. The molecule has 0 atom stereocenters. The highest BCUT2D eigenvalue weighted by Crippen LogP contribution is 2.38. The van der Waals surface area contributed by atoms with Gasteiger partial charge in [0.15, 0.2) is 0 Å². The Labute approximate surface area is 232 Å². The predicted octanol–water partition coefficient (Wildman–Crippen LogP) is 6.12. The Hall–Kier alpha value is -2.60. The van der Waals surface area contributed by atoms with E-state index in [0.29, 0.717) is 32.3 Å². The van der Waals surface area contributed by atoms with E-state index in [4.69, 9.17) is 23.8 Å². The molecule has 2 fully saturated rings. The Balaban J connectivity index is 1.82. The molecule has 1 aromatic heterocycles. The van der Waals surface area contributed by atoms with Gasteiger partial charge in [0, 0.05) is 30.2 Å². The molecule has 0 aliphatic carbocycles. The summed E-state index contributed by atoms with van der Waals surface area (Å²) in [6.07, 6.45) is 5.64. The molecule has 1 amide bonds. The fourth-order valence-corrected chi connectivity index (χ4v) is 6.23.